The largest absolute Gasteiger partial charge is 0.378 e. The number of morpholine rings is 1. The molecule has 0 spiro atoms. The SMILES string of the molecule is Cc1c(Cl)cccc1-n1c(C)nc2nc(N3CCOCC3)[nH]c(=O)c2c1=S. The van der Waals surface area contributed by atoms with Crippen molar-refractivity contribution in [2.45, 2.75) is 13.8 Å². The van der Waals surface area contributed by atoms with Crippen LogP contribution in [0.2, 0.25) is 5.02 Å². The number of aryl methyl sites for hydroxylation is 1. The maximum Gasteiger partial charge on any atom is 0.264 e. The Bertz CT molecular complexity index is 1150. The fourth-order valence-electron chi connectivity index (χ4n) is 3.23. The smallest absolute Gasteiger partial charge is 0.264 e. The molecule has 1 fully saturated rings. The van der Waals surface area contributed by atoms with Gasteiger partial charge < -0.3 is 9.64 Å². The lowest BCUT2D eigenvalue weighted by Crippen LogP contribution is -2.38. The van der Waals surface area contributed by atoms with Crippen molar-refractivity contribution in [2.24, 2.45) is 0 Å². The quantitative estimate of drug-likeness (QED) is 0.663. The second-order valence-corrected chi connectivity index (χ2v) is 7.17. The molecule has 9 heteroatoms. The van der Waals surface area contributed by atoms with E-state index < -0.39 is 0 Å². The zero-order valence-electron chi connectivity index (χ0n) is 15.0. The molecule has 0 saturated carbocycles. The number of ether oxygens (including phenoxy) is 1. The number of anilines is 1. The van der Waals surface area contributed by atoms with Gasteiger partial charge in [0.2, 0.25) is 5.95 Å². The summed E-state index contributed by atoms with van der Waals surface area (Å²) in [5, 5.41) is 0.926. The summed E-state index contributed by atoms with van der Waals surface area (Å²) in [4.78, 5) is 26.7. The molecule has 3 aromatic rings. The first kappa shape index (κ1) is 18.1. The zero-order chi connectivity index (χ0) is 19.1. The average molecular weight is 404 g/mol. The van der Waals surface area contributed by atoms with Crippen molar-refractivity contribution >= 4 is 40.8 Å². The third kappa shape index (κ3) is 3.13. The monoisotopic (exact) mass is 403 g/mol. The van der Waals surface area contributed by atoms with Crippen molar-refractivity contribution < 1.29 is 4.74 Å². The minimum Gasteiger partial charge on any atom is -0.378 e. The van der Waals surface area contributed by atoms with Crippen LogP contribution in [0, 0.1) is 18.5 Å². The number of halogens is 1. The lowest BCUT2D eigenvalue weighted by Gasteiger charge is -2.27. The van der Waals surface area contributed by atoms with Gasteiger partial charge in [0.25, 0.3) is 5.56 Å². The summed E-state index contributed by atoms with van der Waals surface area (Å²) in [7, 11) is 0. The lowest BCUT2D eigenvalue weighted by atomic mass is 10.2. The van der Waals surface area contributed by atoms with Crippen molar-refractivity contribution in [1.29, 1.82) is 0 Å². The molecule has 3 heterocycles. The minimum absolute atomic E-state index is 0.298. The van der Waals surface area contributed by atoms with E-state index in [2.05, 4.69) is 15.0 Å². The molecule has 0 unspecified atom stereocenters. The van der Waals surface area contributed by atoms with Crippen molar-refractivity contribution in [3.63, 3.8) is 0 Å². The molecule has 1 aliphatic heterocycles. The number of fused-ring (bicyclic) bond motifs is 1. The molecule has 1 aliphatic rings. The van der Waals surface area contributed by atoms with Gasteiger partial charge in [-0.25, -0.2) is 4.98 Å². The van der Waals surface area contributed by atoms with Crippen molar-refractivity contribution in [2.75, 3.05) is 31.2 Å². The van der Waals surface area contributed by atoms with E-state index in [0.29, 0.717) is 58.8 Å². The number of rotatable bonds is 2. The maximum atomic E-state index is 12.8. The van der Waals surface area contributed by atoms with Crippen LogP contribution in [-0.2, 0) is 4.74 Å². The van der Waals surface area contributed by atoms with E-state index in [1.54, 1.807) is 4.57 Å². The zero-order valence-corrected chi connectivity index (χ0v) is 16.5. The molecule has 1 aromatic carbocycles. The molecular formula is C18H18ClN5O2S. The molecule has 0 radical (unpaired) electrons. The molecule has 0 aliphatic carbocycles. The molecule has 0 amide bonds. The van der Waals surface area contributed by atoms with E-state index in [0.717, 1.165) is 11.3 Å². The fraction of sp³-hybridized carbons (Fsp3) is 0.333. The third-order valence-electron chi connectivity index (χ3n) is 4.69. The van der Waals surface area contributed by atoms with Gasteiger partial charge in [0.15, 0.2) is 5.65 Å². The number of hydrogen-bond donors (Lipinski definition) is 1. The number of nitrogens with zero attached hydrogens (tertiary/aromatic N) is 4. The van der Waals surface area contributed by atoms with Gasteiger partial charge in [-0.1, -0.05) is 29.9 Å². The van der Waals surface area contributed by atoms with E-state index in [-0.39, 0.29) is 5.56 Å². The lowest BCUT2D eigenvalue weighted by molar-refractivity contribution is 0.122. The van der Waals surface area contributed by atoms with Gasteiger partial charge in [-0.2, -0.15) is 4.98 Å². The number of H-pyrrole nitrogens is 1. The molecular weight excluding hydrogens is 386 g/mol. The molecule has 27 heavy (non-hydrogen) atoms. The average Bonchev–Trinajstić information content (AvgIpc) is 2.65. The summed E-state index contributed by atoms with van der Waals surface area (Å²) in [6.07, 6.45) is 0. The molecule has 1 N–H and O–H groups in total. The van der Waals surface area contributed by atoms with E-state index in [9.17, 15) is 4.79 Å². The molecule has 1 saturated heterocycles. The molecule has 2 aromatic heterocycles. The Kier molecular flexibility index (Phi) is 4.71. The van der Waals surface area contributed by atoms with Gasteiger partial charge in [0.05, 0.1) is 18.9 Å². The Morgan fingerprint density at radius 2 is 1.96 bits per heavy atom. The Labute approximate surface area is 165 Å². The number of nitrogens with one attached hydrogen (secondary N) is 1. The standard InChI is InChI=1S/C18H18ClN5O2S/c1-10-12(19)4-3-5-13(10)24-11(2)20-15-14(17(24)27)16(25)22-18(21-15)23-6-8-26-9-7-23/h3-5H,6-9H2,1-2H3,(H,21,22,25). The maximum absolute atomic E-state index is 12.8. The summed E-state index contributed by atoms with van der Waals surface area (Å²) in [6, 6.07) is 5.57. The summed E-state index contributed by atoms with van der Waals surface area (Å²) >= 11 is 11.9. The number of hydrogen-bond acceptors (Lipinski definition) is 6. The molecule has 7 nitrogen and oxygen atoms in total. The second-order valence-electron chi connectivity index (χ2n) is 6.37. The van der Waals surface area contributed by atoms with Crippen LogP contribution in [0.3, 0.4) is 0 Å². The molecule has 4 rings (SSSR count). The van der Waals surface area contributed by atoms with E-state index >= 15 is 0 Å². The van der Waals surface area contributed by atoms with Crippen molar-refractivity contribution in [3.8, 4) is 5.69 Å². The number of benzene rings is 1. The first-order valence-corrected chi connectivity index (χ1v) is 9.38. The highest BCUT2D eigenvalue weighted by molar-refractivity contribution is 7.71. The van der Waals surface area contributed by atoms with Crippen LogP contribution in [0.4, 0.5) is 5.95 Å². The van der Waals surface area contributed by atoms with Crippen LogP contribution < -0.4 is 10.5 Å². The van der Waals surface area contributed by atoms with Crippen molar-refractivity contribution in [1.82, 2.24) is 19.5 Å². The topological polar surface area (TPSA) is 76.0 Å². The van der Waals surface area contributed by atoms with Gasteiger partial charge >= 0.3 is 0 Å². The van der Waals surface area contributed by atoms with Crippen molar-refractivity contribution in [3.05, 3.63) is 49.6 Å². The summed E-state index contributed by atoms with van der Waals surface area (Å²) < 4.78 is 7.49. The van der Waals surface area contributed by atoms with Gasteiger partial charge in [-0.3, -0.25) is 14.3 Å². The number of aromatic amines is 1. The highest BCUT2D eigenvalue weighted by Crippen LogP contribution is 2.25. The highest BCUT2D eigenvalue weighted by atomic mass is 35.5. The van der Waals surface area contributed by atoms with E-state index in [1.165, 1.54) is 0 Å². The van der Waals surface area contributed by atoms with Crippen LogP contribution in [0.15, 0.2) is 23.0 Å². The van der Waals surface area contributed by atoms with Crippen LogP contribution in [-0.4, -0.2) is 45.8 Å². The molecule has 0 bridgehead atoms. The predicted molar refractivity (Wildman–Crippen MR) is 108 cm³/mol. The third-order valence-corrected chi connectivity index (χ3v) is 5.48. The Morgan fingerprint density at radius 3 is 2.70 bits per heavy atom. The summed E-state index contributed by atoms with van der Waals surface area (Å²) in [5.74, 6) is 1.14. The van der Waals surface area contributed by atoms with Gasteiger partial charge in [-0.15, -0.1) is 0 Å². The van der Waals surface area contributed by atoms with E-state index in [1.807, 2.05) is 36.9 Å². The second kappa shape index (κ2) is 7.03. The van der Waals surface area contributed by atoms with Gasteiger partial charge in [0.1, 0.15) is 15.9 Å². The van der Waals surface area contributed by atoms with Gasteiger partial charge in [0, 0.05) is 18.1 Å². The summed E-state index contributed by atoms with van der Waals surface area (Å²) in [6.45, 7) is 6.29. The van der Waals surface area contributed by atoms with Crippen LogP contribution in [0.25, 0.3) is 16.7 Å². The highest BCUT2D eigenvalue weighted by Gasteiger charge is 2.18. The Balaban J connectivity index is 1.95. The van der Waals surface area contributed by atoms with Crippen LogP contribution >= 0.6 is 23.8 Å². The minimum atomic E-state index is -0.299. The predicted octanol–water partition coefficient (Wildman–Crippen LogP) is 2.95. The number of aromatic nitrogens is 4. The Hall–Kier alpha value is -2.29. The normalized spacial score (nSPS) is 14.7. The molecule has 140 valence electrons. The summed E-state index contributed by atoms with van der Waals surface area (Å²) in [5.41, 5.74) is 1.72. The van der Waals surface area contributed by atoms with Crippen LogP contribution in [0.1, 0.15) is 11.4 Å². The first-order chi connectivity index (χ1) is 13.0. The van der Waals surface area contributed by atoms with Crippen LogP contribution in [0.5, 0.6) is 0 Å². The Morgan fingerprint density at radius 1 is 1.22 bits per heavy atom. The first-order valence-electron chi connectivity index (χ1n) is 8.59. The molecule has 0 atom stereocenters. The van der Waals surface area contributed by atoms with Gasteiger partial charge in [-0.05, 0) is 31.5 Å². The van der Waals surface area contributed by atoms with E-state index in [4.69, 9.17) is 28.6 Å². The fourth-order valence-corrected chi connectivity index (χ4v) is 3.82.